The van der Waals surface area contributed by atoms with Gasteiger partial charge in [0.1, 0.15) is 0 Å². The number of rotatable bonds is 4. The van der Waals surface area contributed by atoms with Crippen molar-refractivity contribution in [2.45, 2.75) is 13.3 Å². The average Bonchev–Trinajstić information content (AvgIpc) is 2.70. The number of fused-ring (bicyclic) bond motifs is 1. The van der Waals surface area contributed by atoms with E-state index in [1.165, 1.54) is 18.3 Å². The zero-order chi connectivity index (χ0) is 13.3. The maximum absolute atomic E-state index is 11.3. The smallest absolute Gasteiger partial charge is 0.667 e. The molecule has 0 spiro atoms. The van der Waals surface area contributed by atoms with Crippen LogP contribution in [0.1, 0.15) is 11.8 Å². The average molecular weight is 306 g/mol. The first-order chi connectivity index (χ1) is 8.43. The van der Waals surface area contributed by atoms with E-state index in [1.807, 2.05) is 30.3 Å². The summed E-state index contributed by atoms with van der Waals surface area (Å²) in [5.41, 5.74) is 12.8. The van der Waals surface area contributed by atoms with Gasteiger partial charge in [0.2, 0.25) is 0 Å². The van der Waals surface area contributed by atoms with Gasteiger partial charge < -0.3 is 21.1 Å². The molecule has 7 heteroatoms. The summed E-state index contributed by atoms with van der Waals surface area (Å²) in [5, 5.41) is 1.05. The molecule has 2 N–H and O–H groups in total. The number of hydrogen-bond donors (Lipinski definition) is 0. The zero-order valence-electron chi connectivity index (χ0n) is 11.8. The summed E-state index contributed by atoms with van der Waals surface area (Å²) in [5.74, 6) is -2.00. The van der Waals surface area contributed by atoms with Crippen LogP contribution in [0.3, 0.4) is 0 Å². The number of benzene rings is 1. The molecule has 20 heavy (non-hydrogen) atoms. The minimum absolute atomic E-state index is 0. The van der Waals surface area contributed by atoms with Gasteiger partial charge in [0.05, 0.1) is 17.2 Å². The topological polar surface area (TPSA) is 81.7 Å². The first-order valence-electron chi connectivity index (χ1n) is 5.43. The molecule has 0 fully saturated rings. The number of carbonyl (C=O) groups excluding carboxylic acids is 2. The van der Waals surface area contributed by atoms with Crippen molar-refractivity contribution in [3.05, 3.63) is 46.7 Å². The largest absolute Gasteiger partial charge is 1.00 e. The van der Waals surface area contributed by atoms with Crippen molar-refractivity contribution in [1.29, 1.82) is 0 Å². The van der Waals surface area contributed by atoms with Crippen molar-refractivity contribution in [3.63, 3.8) is 0 Å². The van der Waals surface area contributed by atoms with Gasteiger partial charge in [0.15, 0.2) is 0 Å². The van der Waals surface area contributed by atoms with E-state index in [2.05, 4.69) is 0 Å². The first-order valence-corrected chi connectivity index (χ1v) is 6.24. The second kappa shape index (κ2) is 7.94. The minimum atomic E-state index is -1.55. The number of nitrogens with one attached hydrogen (secondary N) is 2. The Bertz CT molecular complexity index is 581. The molecule has 1 aromatic heterocycles. The maximum Gasteiger partial charge on any atom is 1.00 e. The van der Waals surface area contributed by atoms with E-state index in [9.17, 15) is 9.59 Å². The molecule has 2 rings (SSSR count). The summed E-state index contributed by atoms with van der Waals surface area (Å²) < 4.78 is 1.07. The molecule has 0 aliphatic heterocycles. The zero-order valence-corrected chi connectivity index (χ0v) is 16.6. The summed E-state index contributed by atoms with van der Waals surface area (Å²) >= 11 is 1.49. The van der Waals surface area contributed by atoms with Gasteiger partial charge in [-0.05, 0) is 30.9 Å². The Kier molecular flexibility index (Phi) is 7.99. The summed E-state index contributed by atoms with van der Waals surface area (Å²) in [6.45, 7) is 1.36. The standard InChI is InChI=1S/C13H14N2O2S.2Na/c1-13(11(14)16,12(15)17)7-9-6-8-4-2-3-5-10(8)18-9;;/h2-6H,7H2,1H3,(H4,14,15,16,17);;/q;2*+1/p-2. The number of hydrogen-bond acceptors (Lipinski definition) is 3. The summed E-state index contributed by atoms with van der Waals surface area (Å²) in [6, 6.07) is 9.67. The molecule has 1 aromatic carbocycles. The summed E-state index contributed by atoms with van der Waals surface area (Å²) in [7, 11) is 0. The fraction of sp³-hybridized carbons (Fsp3) is 0.231. The van der Waals surface area contributed by atoms with Gasteiger partial charge in [-0.25, -0.2) is 0 Å². The number of amides is 2. The molecule has 0 aliphatic carbocycles. The van der Waals surface area contributed by atoms with Crippen LogP contribution in [-0.4, -0.2) is 11.8 Å². The molecule has 0 radical (unpaired) electrons. The van der Waals surface area contributed by atoms with E-state index in [4.69, 9.17) is 11.5 Å². The Labute approximate surface area is 165 Å². The van der Waals surface area contributed by atoms with Gasteiger partial charge in [0, 0.05) is 9.58 Å². The van der Waals surface area contributed by atoms with Gasteiger partial charge in [-0.3, -0.25) is 0 Å². The molecule has 0 saturated heterocycles. The molecule has 0 saturated carbocycles. The van der Waals surface area contributed by atoms with Crippen molar-refractivity contribution < 1.29 is 68.7 Å². The third-order valence-corrected chi connectivity index (χ3v) is 4.12. The first kappa shape index (κ1) is 20.1. The molecule has 1 heterocycles. The monoisotopic (exact) mass is 306 g/mol. The Morgan fingerprint density at radius 1 is 1.15 bits per heavy atom. The number of thiophene rings is 1. The molecule has 94 valence electrons. The van der Waals surface area contributed by atoms with Crippen LogP contribution in [0.4, 0.5) is 0 Å². The summed E-state index contributed by atoms with van der Waals surface area (Å²) in [4.78, 5) is 23.4. The van der Waals surface area contributed by atoms with E-state index < -0.39 is 17.2 Å². The molecule has 0 aliphatic rings. The molecular formula is C13H12N2Na2O2S. The fourth-order valence-electron chi connectivity index (χ4n) is 1.74. The quantitative estimate of drug-likeness (QED) is 0.467. The predicted molar refractivity (Wildman–Crippen MR) is 72.3 cm³/mol. The molecule has 0 atom stereocenters. The molecule has 2 amide bonds. The second-order valence-corrected chi connectivity index (χ2v) is 5.59. The van der Waals surface area contributed by atoms with Crippen molar-refractivity contribution in [2.24, 2.45) is 5.41 Å². The van der Waals surface area contributed by atoms with Crippen LogP contribution in [0.2, 0.25) is 0 Å². The Morgan fingerprint density at radius 3 is 2.20 bits per heavy atom. The molecule has 0 unspecified atom stereocenters. The van der Waals surface area contributed by atoms with Gasteiger partial charge in [0.25, 0.3) is 0 Å². The minimum Gasteiger partial charge on any atom is -0.667 e. The molecule has 4 nitrogen and oxygen atoms in total. The number of carbonyl (C=O) groups is 2. The van der Waals surface area contributed by atoms with Crippen LogP contribution < -0.4 is 59.1 Å². The van der Waals surface area contributed by atoms with Gasteiger partial charge in [-0.15, -0.1) is 11.3 Å². The van der Waals surface area contributed by atoms with Crippen molar-refractivity contribution in [2.75, 3.05) is 0 Å². The Balaban J connectivity index is 0.00000180. The van der Waals surface area contributed by atoms with E-state index in [1.54, 1.807) is 0 Å². The van der Waals surface area contributed by atoms with E-state index in [0.717, 1.165) is 15.0 Å². The summed E-state index contributed by atoms with van der Waals surface area (Å²) in [6.07, 6.45) is 0.122. The second-order valence-electron chi connectivity index (χ2n) is 4.42. The van der Waals surface area contributed by atoms with Crippen LogP contribution in [0, 0.1) is 5.41 Å². The third-order valence-electron chi connectivity index (χ3n) is 3.01. The van der Waals surface area contributed by atoms with Crippen molar-refractivity contribution in [1.82, 2.24) is 0 Å². The van der Waals surface area contributed by atoms with E-state index in [-0.39, 0.29) is 65.5 Å². The normalized spacial score (nSPS) is 10.4. The molecular weight excluding hydrogens is 294 g/mol. The van der Waals surface area contributed by atoms with Crippen LogP contribution in [0.5, 0.6) is 0 Å². The van der Waals surface area contributed by atoms with Crippen molar-refractivity contribution in [3.8, 4) is 0 Å². The van der Waals surface area contributed by atoms with Crippen molar-refractivity contribution >= 4 is 33.2 Å². The molecule has 2 aromatic rings. The van der Waals surface area contributed by atoms with Crippen LogP contribution >= 0.6 is 11.3 Å². The fourth-order valence-corrected chi connectivity index (χ4v) is 2.96. The van der Waals surface area contributed by atoms with Crippen LogP contribution in [-0.2, 0) is 16.0 Å². The van der Waals surface area contributed by atoms with Gasteiger partial charge >= 0.3 is 59.1 Å². The van der Waals surface area contributed by atoms with E-state index in [0.29, 0.717) is 0 Å². The Morgan fingerprint density at radius 2 is 1.70 bits per heavy atom. The predicted octanol–water partition coefficient (Wildman–Crippen LogP) is -2.38. The maximum atomic E-state index is 11.3. The molecule has 0 bridgehead atoms. The van der Waals surface area contributed by atoms with E-state index >= 15 is 0 Å². The van der Waals surface area contributed by atoms with Gasteiger partial charge in [-0.2, -0.15) is 0 Å². The van der Waals surface area contributed by atoms with Crippen LogP contribution in [0.15, 0.2) is 30.3 Å². The van der Waals surface area contributed by atoms with Crippen LogP contribution in [0.25, 0.3) is 21.6 Å². The SMILES string of the molecule is CC(Cc1cc2ccccc2s1)(C([NH-])=O)C([NH-])=O.[Na+].[Na+]. The third kappa shape index (κ3) is 4.07. The van der Waals surface area contributed by atoms with Gasteiger partial charge in [-0.1, -0.05) is 18.2 Å². The Hall–Kier alpha value is 0.120.